The molecule has 3 atom stereocenters. The molecule has 1 saturated heterocycles. The van der Waals surface area contributed by atoms with E-state index < -0.39 is 22.8 Å². The molecular weight excluding hydrogens is 491 g/mol. The topological polar surface area (TPSA) is 102 Å². The SMILES string of the molecule is CCc1c(-c2ccc3c(c2)cc(CN2C[C@@H]4[C@H](C2)[C@H]4N(C)C)n3C)[nH]c(=O)c(C(=O)O)c1O.Cl.Cl. The number of nitrogens with zero attached hydrogens (tertiary/aromatic N) is 3. The number of piperidine rings is 1. The van der Waals surface area contributed by atoms with Crippen LogP contribution in [0.5, 0.6) is 5.75 Å². The summed E-state index contributed by atoms with van der Waals surface area (Å²) in [7, 11) is 6.41. The largest absolute Gasteiger partial charge is 0.506 e. The summed E-state index contributed by atoms with van der Waals surface area (Å²) in [5, 5.41) is 20.8. The third-order valence-electron chi connectivity index (χ3n) is 7.49. The Hall–Kier alpha value is -2.52. The van der Waals surface area contributed by atoms with Crippen molar-refractivity contribution >= 4 is 41.7 Å². The van der Waals surface area contributed by atoms with Crippen LogP contribution in [0.3, 0.4) is 0 Å². The van der Waals surface area contributed by atoms with Crippen LogP contribution in [0.25, 0.3) is 22.2 Å². The van der Waals surface area contributed by atoms with Crippen molar-refractivity contribution in [3.05, 3.63) is 51.4 Å². The van der Waals surface area contributed by atoms with E-state index in [1.807, 2.05) is 25.1 Å². The number of nitrogens with one attached hydrogen (secondary N) is 1. The van der Waals surface area contributed by atoms with Gasteiger partial charge in [-0.2, -0.15) is 0 Å². The number of aromatic hydroxyl groups is 1. The number of carboxylic acids is 1. The summed E-state index contributed by atoms with van der Waals surface area (Å²) in [5.74, 6) is -0.324. The Bertz CT molecular complexity index is 1320. The van der Waals surface area contributed by atoms with Gasteiger partial charge >= 0.3 is 5.97 Å². The van der Waals surface area contributed by atoms with E-state index >= 15 is 0 Å². The molecular formula is C25H32Cl2N4O4. The van der Waals surface area contributed by atoms with E-state index in [4.69, 9.17) is 0 Å². The van der Waals surface area contributed by atoms with Crippen molar-refractivity contribution in [3.8, 4) is 17.0 Å². The first-order valence-electron chi connectivity index (χ1n) is 11.4. The number of aromatic carboxylic acids is 1. The molecule has 0 radical (unpaired) electrons. The number of likely N-dealkylation sites (tertiary alicyclic amines) is 1. The van der Waals surface area contributed by atoms with Gasteiger partial charge in [-0.05, 0) is 56.1 Å². The number of hydrogen-bond donors (Lipinski definition) is 3. The molecule has 3 N–H and O–H groups in total. The molecule has 1 aliphatic heterocycles. The number of carbonyl (C=O) groups is 1. The molecule has 190 valence electrons. The number of pyridine rings is 1. The molecule has 2 aliphatic rings. The van der Waals surface area contributed by atoms with Crippen LogP contribution in [0, 0.1) is 11.8 Å². The lowest BCUT2D eigenvalue weighted by Crippen LogP contribution is -2.30. The quantitative estimate of drug-likeness (QED) is 0.458. The summed E-state index contributed by atoms with van der Waals surface area (Å²) in [6.45, 7) is 5.00. The van der Waals surface area contributed by atoms with Crippen molar-refractivity contribution in [1.82, 2.24) is 19.4 Å². The highest BCUT2D eigenvalue weighted by atomic mass is 35.5. The number of benzene rings is 1. The van der Waals surface area contributed by atoms with E-state index in [1.54, 1.807) is 0 Å². The Morgan fingerprint density at radius 2 is 1.83 bits per heavy atom. The van der Waals surface area contributed by atoms with E-state index in [-0.39, 0.29) is 24.8 Å². The number of aromatic nitrogens is 2. The highest BCUT2D eigenvalue weighted by molar-refractivity contribution is 5.92. The highest BCUT2D eigenvalue weighted by Crippen LogP contribution is 2.48. The number of H-pyrrole nitrogens is 1. The normalized spacial score (nSPS) is 21.0. The molecule has 8 nitrogen and oxygen atoms in total. The maximum absolute atomic E-state index is 12.3. The second kappa shape index (κ2) is 9.85. The Morgan fingerprint density at radius 3 is 2.40 bits per heavy atom. The number of carboxylic acid groups (broad SMARTS) is 1. The van der Waals surface area contributed by atoms with Crippen LogP contribution >= 0.6 is 24.8 Å². The van der Waals surface area contributed by atoms with Gasteiger partial charge in [0.15, 0.2) is 5.56 Å². The zero-order valence-corrected chi connectivity index (χ0v) is 21.9. The van der Waals surface area contributed by atoms with Crippen LogP contribution < -0.4 is 5.56 Å². The van der Waals surface area contributed by atoms with Gasteiger partial charge in [-0.25, -0.2) is 4.79 Å². The minimum absolute atomic E-state index is 0. The van der Waals surface area contributed by atoms with E-state index in [2.05, 4.69) is 46.6 Å². The third-order valence-corrected chi connectivity index (χ3v) is 7.49. The molecule has 10 heteroatoms. The predicted molar refractivity (Wildman–Crippen MR) is 141 cm³/mol. The molecule has 35 heavy (non-hydrogen) atoms. The van der Waals surface area contributed by atoms with E-state index in [1.165, 1.54) is 5.69 Å². The highest BCUT2D eigenvalue weighted by Gasteiger charge is 2.56. The standard InChI is InChI=1S/C25H30N4O4.2ClH/c1-5-16-21(26-24(31)20(23(16)30)25(32)33)13-6-7-19-14(8-13)9-15(28(19)4)10-29-11-17-18(12-29)22(17)27(2)3;;/h6-9,17-18,22H,5,10-12H2,1-4H3,(H,32,33)(H2,26,30,31);2*1H/t17-,18+,22+;;. The minimum Gasteiger partial charge on any atom is -0.506 e. The maximum Gasteiger partial charge on any atom is 0.345 e. The average molecular weight is 523 g/mol. The number of hydrogen-bond acceptors (Lipinski definition) is 5. The fraction of sp³-hybridized carbons (Fsp3) is 0.440. The van der Waals surface area contributed by atoms with Crippen LogP contribution in [0.1, 0.15) is 28.5 Å². The van der Waals surface area contributed by atoms with Crippen LogP contribution in [0.4, 0.5) is 0 Å². The predicted octanol–water partition coefficient (Wildman–Crippen LogP) is 3.34. The summed E-state index contributed by atoms with van der Waals surface area (Å²) < 4.78 is 2.21. The molecule has 0 unspecified atom stereocenters. The lowest BCUT2D eigenvalue weighted by atomic mass is 9.99. The van der Waals surface area contributed by atoms with Gasteiger partial charge in [0, 0.05) is 54.9 Å². The van der Waals surface area contributed by atoms with Crippen molar-refractivity contribution in [1.29, 1.82) is 0 Å². The molecule has 3 aromatic rings. The van der Waals surface area contributed by atoms with Crippen LogP contribution in [-0.2, 0) is 20.0 Å². The summed E-state index contributed by atoms with van der Waals surface area (Å²) >= 11 is 0. The molecule has 1 saturated carbocycles. The number of aryl methyl sites for hydroxylation is 1. The number of aromatic amines is 1. The fourth-order valence-electron chi connectivity index (χ4n) is 5.84. The minimum atomic E-state index is -1.44. The van der Waals surface area contributed by atoms with Gasteiger partial charge in [0.05, 0.1) is 5.69 Å². The maximum atomic E-state index is 12.3. The van der Waals surface area contributed by atoms with Crippen molar-refractivity contribution in [2.75, 3.05) is 27.2 Å². The molecule has 0 amide bonds. The smallest absolute Gasteiger partial charge is 0.345 e. The first kappa shape index (κ1) is 27.1. The van der Waals surface area contributed by atoms with Crippen molar-refractivity contribution in [2.24, 2.45) is 18.9 Å². The van der Waals surface area contributed by atoms with Crippen molar-refractivity contribution in [2.45, 2.75) is 25.9 Å². The zero-order chi connectivity index (χ0) is 23.6. The molecule has 3 heterocycles. The molecule has 2 aromatic heterocycles. The number of rotatable bonds is 6. The van der Waals surface area contributed by atoms with Gasteiger partial charge in [0.1, 0.15) is 5.75 Å². The lowest BCUT2D eigenvalue weighted by molar-refractivity contribution is 0.0691. The number of fused-ring (bicyclic) bond motifs is 2. The first-order chi connectivity index (χ1) is 15.7. The monoisotopic (exact) mass is 522 g/mol. The second-order valence-electron chi connectivity index (χ2n) is 9.63. The van der Waals surface area contributed by atoms with Gasteiger partial charge in [0.2, 0.25) is 0 Å². The second-order valence-corrected chi connectivity index (χ2v) is 9.63. The summed E-state index contributed by atoms with van der Waals surface area (Å²) in [4.78, 5) is 31.3. The van der Waals surface area contributed by atoms with E-state index in [9.17, 15) is 19.8 Å². The molecule has 0 spiro atoms. The van der Waals surface area contributed by atoms with Crippen LogP contribution in [0.15, 0.2) is 29.1 Å². The molecule has 0 bridgehead atoms. The summed E-state index contributed by atoms with van der Waals surface area (Å²) in [6.07, 6.45) is 0.390. The first-order valence-corrected chi connectivity index (χ1v) is 11.4. The van der Waals surface area contributed by atoms with Crippen LogP contribution in [0.2, 0.25) is 0 Å². The van der Waals surface area contributed by atoms with Gasteiger partial charge in [-0.3, -0.25) is 9.69 Å². The molecule has 1 aromatic carbocycles. The molecule has 1 aliphatic carbocycles. The third kappa shape index (κ3) is 4.44. The summed E-state index contributed by atoms with van der Waals surface area (Å²) in [5.41, 5.74) is 2.55. The lowest BCUT2D eigenvalue weighted by Gasteiger charge is -2.22. The fourth-order valence-corrected chi connectivity index (χ4v) is 5.84. The number of halogens is 2. The van der Waals surface area contributed by atoms with Gasteiger partial charge in [-0.1, -0.05) is 13.0 Å². The van der Waals surface area contributed by atoms with Gasteiger partial charge in [0.25, 0.3) is 5.56 Å². The average Bonchev–Trinajstić information content (AvgIpc) is 3.11. The van der Waals surface area contributed by atoms with Gasteiger partial charge < -0.3 is 24.7 Å². The van der Waals surface area contributed by atoms with E-state index in [0.29, 0.717) is 17.7 Å². The Kier molecular flexibility index (Phi) is 7.62. The van der Waals surface area contributed by atoms with Crippen LogP contribution in [-0.4, -0.2) is 68.8 Å². The Balaban J connectivity index is 0.00000171. The Morgan fingerprint density at radius 1 is 1.17 bits per heavy atom. The molecule has 5 rings (SSSR count). The van der Waals surface area contributed by atoms with Crippen molar-refractivity contribution in [3.63, 3.8) is 0 Å². The molecule has 2 fully saturated rings. The zero-order valence-electron chi connectivity index (χ0n) is 20.2. The Labute approximate surface area is 216 Å². The summed E-state index contributed by atoms with van der Waals surface area (Å²) in [6, 6.07) is 8.82. The van der Waals surface area contributed by atoms with Crippen molar-refractivity contribution < 1.29 is 15.0 Å². The van der Waals surface area contributed by atoms with E-state index in [0.717, 1.165) is 54.0 Å². The van der Waals surface area contributed by atoms with Gasteiger partial charge in [-0.15, -0.1) is 24.8 Å².